The molecule has 0 fully saturated rings. The van der Waals surface area contributed by atoms with E-state index in [1.165, 1.54) is 24.3 Å². The van der Waals surface area contributed by atoms with Crippen molar-refractivity contribution < 1.29 is 18.0 Å². The summed E-state index contributed by atoms with van der Waals surface area (Å²) in [7, 11) is 0. The maximum absolute atomic E-state index is 12.7. The van der Waals surface area contributed by atoms with Crippen LogP contribution in [-0.4, -0.2) is 15.9 Å². The molecule has 2 aromatic heterocycles. The number of benzene rings is 3. The number of pyridine rings is 1. The first kappa shape index (κ1) is 22.4. The van der Waals surface area contributed by atoms with E-state index >= 15 is 0 Å². The van der Waals surface area contributed by atoms with Crippen molar-refractivity contribution in [2.75, 3.05) is 0 Å². The third-order valence-corrected chi connectivity index (χ3v) is 5.71. The van der Waals surface area contributed by atoms with E-state index in [2.05, 4.69) is 10.3 Å². The Morgan fingerprint density at radius 2 is 1.63 bits per heavy atom. The topological polar surface area (TPSA) is 57.8 Å². The molecule has 1 amide bonds. The van der Waals surface area contributed by atoms with Gasteiger partial charge in [0, 0.05) is 27.9 Å². The van der Waals surface area contributed by atoms with Crippen LogP contribution in [0, 0.1) is 0 Å². The van der Waals surface area contributed by atoms with E-state index in [9.17, 15) is 18.0 Å². The number of hydrogen-bond acceptors (Lipinski definition) is 2. The van der Waals surface area contributed by atoms with Crippen LogP contribution in [0.4, 0.5) is 13.2 Å². The summed E-state index contributed by atoms with van der Waals surface area (Å²) >= 11 is 0. The SMILES string of the molecule is O=C(/C=C/c1ccc(C(F)(F)F)cc1)NCc1cc2c([nH]c3ccccc32)c(-c2ccccc2)n1. The molecule has 0 atom stereocenters. The van der Waals surface area contributed by atoms with E-state index in [-0.39, 0.29) is 12.5 Å². The van der Waals surface area contributed by atoms with Crippen LogP contribution < -0.4 is 5.32 Å². The van der Waals surface area contributed by atoms with Gasteiger partial charge in [-0.15, -0.1) is 0 Å². The molecule has 3 aromatic carbocycles. The van der Waals surface area contributed by atoms with Crippen LogP contribution in [0.1, 0.15) is 16.8 Å². The summed E-state index contributed by atoms with van der Waals surface area (Å²) in [6.45, 7) is 0.200. The molecule has 4 nitrogen and oxygen atoms in total. The van der Waals surface area contributed by atoms with Crippen LogP contribution in [0.3, 0.4) is 0 Å². The molecule has 7 heteroatoms. The van der Waals surface area contributed by atoms with Crippen molar-refractivity contribution in [2.24, 2.45) is 0 Å². The quantitative estimate of drug-likeness (QED) is 0.279. The van der Waals surface area contributed by atoms with Gasteiger partial charge < -0.3 is 10.3 Å². The fourth-order valence-electron chi connectivity index (χ4n) is 3.99. The number of aromatic amines is 1. The summed E-state index contributed by atoms with van der Waals surface area (Å²) in [5.74, 6) is -0.369. The zero-order valence-electron chi connectivity index (χ0n) is 18.4. The zero-order chi connectivity index (χ0) is 24.4. The van der Waals surface area contributed by atoms with Gasteiger partial charge in [0.1, 0.15) is 0 Å². The predicted octanol–water partition coefficient (Wildman–Crippen LogP) is 6.73. The first-order valence-electron chi connectivity index (χ1n) is 11.0. The standard InChI is InChI=1S/C28H20F3N3O/c29-28(30,31)20-13-10-18(11-14-20)12-15-25(35)32-17-21-16-23-22-8-4-5-9-24(22)34-27(23)26(33-21)19-6-2-1-3-7-19/h1-16,34H,17H2,(H,32,35)/b15-12+. The fraction of sp³-hybridized carbons (Fsp3) is 0.0714. The van der Waals surface area contributed by atoms with Crippen LogP contribution in [0.2, 0.25) is 0 Å². The van der Waals surface area contributed by atoms with Crippen molar-refractivity contribution in [1.29, 1.82) is 0 Å². The second kappa shape index (κ2) is 9.10. The minimum Gasteiger partial charge on any atom is -0.353 e. The van der Waals surface area contributed by atoms with Crippen molar-refractivity contribution in [3.8, 4) is 11.3 Å². The van der Waals surface area contributed by atoms with E-state index < -0.39 is 11.7 Å². The highest BCUT2D eigenvalue weighted by Crippen LogP contribution is 2.32. The number of fused-ring (bicyclic) bond motifs is 3. The lowest BCUT2D eigenvalue weighted by molar-refractivity contribution is -0.137. The van der Waals surface area contributed by atoms with E-state index in [0.29, 0.717) is 11.3 Å². The molecule has 0 saturated carbocycles. The number of H-pyrrole nitrogens is 1. The lowest BCUT2D eigenvalue weighted by Crippen LogP contribution is -2.21. The number of nitrogens with one attached hydrogen (secondary N) is 2. The van der Waals surface area contributed by atoms with Gasteiger partial charge in [0.05, 0.1) is 29.0 Å². The molecule has 0 unspecified atom stereocenters. The van der Waals surface area contributed by atoms with Gasteiger partial charge in [-0.1, -0.05) is 60.7 Å². The number of hydrogen-bond donors (Lipinski definition) is 2. The Labute approximate surface area is 199 Å². The lowest BCUT2D eigenvalue weighted by Gasteiger charge is -2.08. The van der Waals surface area contributed by atoms with Gasteiger partial charge >= 0.3 is 6.18 Å². The number of halogens is 3. The van der Waals surface area contributed by atoms with Crippen LogP contribution in [0.5, 0.6) is 0 Å². The number of carbonyl (C=O) groups excluding carboxylic acids is 1. The van der Waals surface area contributed by atoms with E-state index in [1.54, 1.807) is 0 Å². The Bertz CT molecular complexity index is 1540. The van der Waals surface area contributed by atoms with E-state index in [0.717, 1.165) is 45.2 Å². The number of aromatic nitrogens is 2. The average molecular weight is 471 g/mol. The summed E-state index contributed by atoms with van der Waals surface area (Å²) in [6, 6.07) is 24.4. The van der Waals surface area contributed by atoms with Gasteiger partial charge in [0.2, 0.25) is 5.91 Å². The number of rotatable bonds is 5. The molecule has 2 heterocycles. The van der Waals surface area contributed by atoms with E-state index in [4.69, 9.17) is 4.98 Å². The Hall–Kier alpha value is -4.39. The molecular weight excluding hydrogens is 451 g/mol. The van der Waals surface area contributed by atoms with Gasteiger partial charge in [-0.25, -0.2) is 4.98 Å². The van der Waals surface area contributed by atoms with Crippen molar-refractivity contribution >= 4 is 33.8 Å². The van der Waals surface area contributed by atoms with Crippen LogP contribution in [0.25, 0.3) is 39.1 Å². The van der Waals surface area contributed by atoms with Gasteiger partial charge in [0.15, 0.2) is 0 Å². The van der Waals surface area contributed by atoms with Crippen molar-refractivity contribution in [2.45, 2.75) is 12.7 Å². The maximum atomic E-state index is 12.7. The number of carbonyl (C=O) groups is 1. The normalized spacial score (nSPS) is 12.0. The maximum Gasteiger partial charge on any atom is 0.416 e. The minimum absolute atomic E-state index is 0.200. The minimum atomic E-state index is -4.39. The number of alkyl halides is 3. The Morgan fingerprint density at radius 3 is 2.37 bits per heavy atom. The highest BCUT2D eigenvalue weighted by Gasteiger charge is 2.29. The van der Waals surface area contributed by atoms with Crippen LogP contribution >= 0.6 is 0 Å². The molecule has 2 N–H and O–H groups in total. The molecule has 35 heavy (non-hydrogen) atoms. The van der Waals surface area contributed by atoms with Gasteiger partial charge in [-0.2, -0.15) is 13.2 Å². The van der Waals surface area contributed by atoms with Gasteiger partial charge in [-0.3, -0.25) is 4.79 Å². The Kier molecular flexibility index (Phi) is 5.82. The molecular formula is C28H20F3N3O. The summed E-state index contributed by atoms with van der Waals surface area (Å²) in [6.07, 6.45) is -1.62. The Morgan fingerprint density at radius 1 is 0.914 bits per heavy atom. The molecule has 5 rings (SSSR count). The van der Waals surface area contributed by atoms with E-state index in [1.807, 2.05) is 60.7 Å². The first-order valence-corrected chi connectivity index (χ1v) is 11.0. The summed E-state index contributed by atoms with van der Waals surface area (Å²) in [5.41, 5.74) is 4.14. The summed E-state index contributed by atoms with van der Waals surface area (Å²) < 4.78 is 38.1. The molecule has 0 bridgehead atoms. The molecule has 0 radical (unpaired) electrons. The molecule has 0 aliphatic rings. The van der Waals surface area contributed by atoms with Crippen molar-refractivity contribution in [3.05, 3.63) is 108 Å². The van der Waals surface area contributed by atoms with Gasteiger partial charge in [0.25, 0.3) is 0 Å². The molecule has 0 aliphatic heterocycles. The summed E-state index contributed by atoms with van der Waals surface area (Å²) in [4.78, 5) is 20.7. The zero-order valence-corrected chi connectivity index (χ0v) is 18.4. The highest BCUT2D eigenvalue weighted by atomic mass is 19.4. The largest absolute Gasteiger partial charge is 0.416 e. The average Bonchev–Trinajstić information content (AvgIpc) is 3.24. The number of nitrogens with zero attached hydrogens (tertiary/aromatic N) is 1. The molecule has 5 aromatic rings. The van der Waals surface area contributed by atoms with Crippen molar-refractivity contribution in [1.82, 2.24) is 15.3 Å². The molecule has 174 valence electrons. The molecule has 0 saturated heterocycles. The third kappa shape index (κ3) is 4.80. The lowest BCUT2D eigenvalue weighted by atomic mass is 10.1. The predicted molar refractivity (Wildman–Crippen MR) is 131 cm³/mol. The Balaban J connectivity index is 1.39. The van der Waals surface area contributed by atoms with Crippen LogP contribution in [0.15, 0.2) is 91.0 Å². The van der Waals surface area contributed by atoms with Crippen molar-refractivity contribution in [3.63, 3.8) is 0 Å². The fourth-order valence-corrected chi connectivity index (χ4v) is 3.99. The second-order valence-electron chi connectivity index (χ2n) is 8.09. The van der Waals surface area contributed by atoms with Gasteiger partial charge in [-0.05, 0) is 35.9 Å². The second-order valence-corrected chi connectivity index (χ2v) is 8.09. The number of para-hydroxylation sites is 1. The molecule has 0 aliphatic carbocycles. The smallest absolute Gasteiger partial charge is 0.353 e. The monoisotopic (exact) mass is 471 g/mol. The number of amides is 1. The third-order valence-electron chi connectivity index (χ3n) is 5.71. The first-order chi connectivity index (χ1) is 16.9. The molecule has 0 spiro atoms. The highest BCUT2D eigenvalue weighted by molar-refractivity contribution is 6.11. The summed E-state index contributed by atoms with van der Waals surface area (Å²) in [5, 5.41) is 4.89. The van der Waals surface area contributed by atoms with Crippen LogP contribution in [-0.2, 0) is 17.5 Å².